The lowest BCUT2D eigenvalue weighted by Gasteiger charge is -2.26. The Labute approximate surface area is 147 Å². The minimum absolute atomic E-state index is 0.0762. The zero-order valence-corrected chi connectivity index (χ0v) is 15.1. The van der Waals surface area contributed by atoms with Crippen LogP contribution in [-0.2, 0) is 15.9 Å². The first-order valence-electron chi connectivity index (χ1n) is 7.93. The van der Waals surface area contributed by atoms with E-state index >= 15 is 0 Å². The third-order valence-electron chi connectivity index (χ3n) is 3.44. The SMILES string of the molecule is CC(C)C(NC(=O)OCc1ccccc1)P(=O)(O)Oc1ccccc1. The van der Waals surface area contributed by atoms with Crippen LogP contribution >= 0.6 is 7.60 Å². The highest BCUT2D eigenvalue weighted by Gasteiger charge is 2.38. The predicted molar refractivity (Wildman–Crippen MR) is 95.3 cm³/mol. The first-order chi connectivity index (χ1) is 11.9. The number of nitrogens with one attached hydrogen (secondary N) is 1. The van der Waals surface area contributed by atoms with E-state index in [1.54, 1.807) is 44.2 Å². The van der Waals surface area contributed by atoms with Crippen LogP contribution in [-0.4, -0.2) is 16.8 Å². The van der Waals surface area contributed by atoms with Gasteiger partial charge in [-0.15, -0.1) is 0 Å². The number of carbonyl (C=O) groups is 1. The summed E-state index contributed by atoms with van der Waals surface area (Å²) in [7, 11) is -4.14. The number of carbonyl (C=O) groups excluding carboxylic acids is 1. The first kappa shape index (κ1) is 19.0. The lowest BCUT2D eigenvalue weighted by molar-refractivity contribution is 0.135. The summed E-state index contributed by atoms with van der Waals surface area (Å²) in [4.78, 5) is 22.3. The largest absolute Gasteiger partial charge is 0.445 e. The molecule has 0 aliphatic rings. The molecule has 7 heteroatoms. The van der Waals surface area contributed by atoms with Gasteiger partial charge in [-0.25, -0.2) is 9.36 Å². The molecule has 0 saturated carbocycles. The van der Waals surface area contributed by atoms with E-state index in [0.29, 0.717) is 0 Å². The van der Waals surface area contributed by atoms with Crippen molar-refractivity contribution in [1.29, 1.82) is 0 Å². The lowest BCUT2D eigenvalue weighted by atomic mass is 10.2. The van der Waals surface area contributed by atoms with E-state index in [2.05, 4.69) is 5.32 Å². The van der Waals surface area contributed by atoms with Gasteiger partial charge in [-0.1, -0.05) is 62.4 Å². The zero-order chi connectivity index (χ0) is 18.3. The minimum Gasteiger partial charge on any atom is -0.445 e. The normalized spacial score (nSPS) is 14.4. The standard InChI is InChI=1S/C18H22NO5P/c1-14(2)17(25(21,22)24-16-11-7-4-8-12-16)19-18(20)23-13-15-9-5-3-6-10-15/h3-12,14,17H,13H2,1-2H3,(H,19,20)(H,21,22). The van der Waals surface area contributed by atoms with Crippen molar-refractivity contribution < 1.29 is 23.5 Å². The molecule has 0 fully saturated rings. The summed E-state index contributed by atoms with van der Waals surface area (Å²) in [5, 5.41) is 2.45. The molecule has 0 spiro atoms. The molecule has 2 aromatic rings. The number of hydrogen-bond donors (Lipinski definition) is 2. The maximum atomic E-state index is 12.6. The van der Waals surface area contributed by atoms with E-state index in [1.165, 1.54) is 0 Å². The Morgan fingerprint density at radius 1 is 1.08 bits per heavy atom. The molecule has 0 bridgehead atoms. The van der Waals surface area contributed by atoms with Gasteiger partial charge in [0.05, 0.1) is 0 Å². The number of benzene rings is 2. The maximum Gasteiger partial charge on any atom is 0.408 e. The fourth-order valence-electron chi connectivity index (χ4n) is 2.20. The lowest BCUT2D eigenvalue weighted by Crippen LogP contribution is -2.39. The summed E-state index contributed by atoms with van der Waals surface area (Å²) < 4.78 is 22.9. The van der Waals surface area contributed by atoms with E-state index in [1.807, 2.05) is 30.3 Å². The van der Waals surface area contributed by atoms with E-state index in [0.717, 1.165) is 5.56 Å². The van der Waals surface area contributed by atoms with Crippen molar-refractivity contribution in [2.75, 3.05) is 0 Å². The van der Waals surface area contributed by atoms with Gasteiger partial charge in [-0.3, -0.25) is 0 Å². The van der Waals surface area contributed by atoms with E-state index in [9.17, 15) is 14.3 Å². The Balaban J connectivity index is 1.99. The van der Waals surface area contributed by atoms with Gasteiger partial charge in [0.1, 0.15) is 18.1 Å². The number of rotatable bonds is 7. The van der Waals surface area contributed by atoms with Crippen molar-refractivity contribution in [3.63, 3.8) is 0 Å². The summed E-state index contributed by atoms with van der Waals surface area (Å²) in [6.45, 7) is 3.52. The second-order valence-corrected chi connectivity index (χ2v) is 7.73. The number of hydrogen-bond acceptors (Lipinski definition) is 4. The maximum absolute atomic E-state index is 12.6. The molecular formula is C18H22NO5P. The second-order valence-electron chi connectivity index (χ2n) is 5.86. The van der Waals surface area contributed by atoms with Crippen LogP contribution < -0.4 is 9.84 Å². The fourth-order valence-corrected chi connectivity index (χ4v) is 3.76. The predicted octanol–water partition coefficient (Wildman–Crippen LogP) is 4.16. The molecule has 0 aromatic heterocycles. The van der Waals surface area contributed by atoms with Crippen LogP contribution in [0, 0.1) is 5.92 Å². The third-order valence-corrected chi connectivity index (χ3v) is 5.34. The van der Waals surface area contributed by atoms with Crippen LogP contribution in [0.25, 0.3) is 0 Å². The van der Waals surface area contributed by atoms with E-state index in [-0.39, 0.29) is 18.3 Å². The Morgan fingerprint density at radius 2 is 1.64 bits per heavy atom. The van der Waals surface area contributed by atoms with Gasteiger partial charge in [-0.05, 0) is 23.6 Å². The first-order valence-corrected chi connectivity index (χ1v) is 9.57. The van der Waals surface area contributed by atoms with Gasteiger partial charge < -0.3 is 19.5 Å². The van der Waals surface area contributed by atoms with Gasteiger partial charge in [0.2, 0.25) is 0 Å². The van der Waals surface area contributed by atoms with E-state index < -0.39 is 19.5 Å². The number of alkyl carbamates (subject to hydrolysis) is 1. The van der Waals surface area contributed by atoms with Crippen LogP contribution in [0.2, 0.25) is 0 Å². The molecule has 25 heavy (non-hydrogen) atoms. The Bertz CT molecular complexity index is 721. The molecule has 2 unspecified atom stereocenters. The van der Waals surface area contributed by atoms with Gasteiger partial charge >= 0.3 is 13.7 Å². The second kappa shape index (κ2) is 8.70. The molecule has 0 heterocycles. The van der Waals surface area contributed by atoms with Crippen molar-refractivity contribution in [3.8, 4) is 5.75 Å². The highest BCUT2D eigenvalue weighted by molar-refractivity contribution is 7.54. The quantitative estimate of drug-likeness (QED) is 0.722. The third kappa shape index (κ3) is 5.93. The van der Waals surface area contributed by atoms with Crippen LogP contribution in [0.5, 0.6) is 5.75 Å². The average Bonchev–Trinajstić information content (AvgIpc) is 2.59. The fraction of sp³-hybridized carbons (Fsp3) is 0.278. The van der Waals surface area contributed by atoms with Crippen molar-refractivity contribution in [2.45, 2.75) is 26.2 Å². The van der Waals surface area contributed by atoms with Crippen molar-refractivity contribution in [3.05, 3.63) is 66.2 Å². The van der Waals surface area contributed by atoms with E-state index in [4.69, 9.17) is 9.26 Å². The number of para-hydroxylation sites is 1. The Hall–Kier alpha value is -2.30. The van der Waals surface area contributed by atoms with Crippen molar-refractivity contribution in [2.24, 2.45) is 5.92 Å². The van der Waals surface area contributed by atoms with Crippen LogP contribution in [0.3, 0.4) is 0 Å². The Morgan fingerprint density at radius 3 is 2.20 bits per heavy atom. The molecule has 6 nitrogen and oxygen atoms in total. The van der Waals surface area contributed by atoms with Crippen LogP contribution in [0.15, 0.2) is 60.7 Å². The molecule has 2 atom stereocenters. The Kier molecular flexibility index (Phi) is 6.62. The summed E-state index contributed by atoms with van der Waals surface area (Å²) in [5.41, 5.74) is 0.825. The zero-order valence-electron chi connectivity index (χ0n) is 14.2. The molecule has 1 amide bonds. The monoisotopic (exact) mass is 363 g/mol. The summed E-state index contributed by atoms with van der Waals surface area (Å²) in [6, 6.07) is 17.5. The molecule has 0 aliphatic heterocycles. The molecule has 0 aliphatic carbocycles. The molecule has 134 valence electrons. The smallest absolute Gasteiger partial charge is 0.408 e. The highest BCUT2D eigenvalue weighted by Crippen LogP contribution is 2.49. The number of ether oxygens (including phenoxy) is 1. The molecule has 0 saturated heterocycles. The molecule has 2 rings (SSSR count). The molecule has 2 aromatic carbocycles. The van der Waals surface area contributed by atoms with Gasteiger partial charge in [0.15, 0.2) is 0 Å². The summed E-state index contributed by atoms with van der Waals surface area (Å²) in [6.07, 6.45) is -0.770. The summed E-state index contributed by atoms with van der Waals surface area (Å²) >= 11 is 0. The highest BCUT2D eigenvalue weighted by atomic mass is 31.2. The average molecular weight is 363 g/mol. The molecule has 2 N–H and O–H groups in total. The molecular weight excluding hydrogens is 341 g/mol. The van der Waals surface area contributed by atoms with Gasteiger partial charge in [-0.2, -0.15) is 0 Å². The minimum atomic E-state index is -4.14. The number of amides is 1. The molecule has 0 radical (unpaired) electrons. The van der Waals surface area contributed by atoms with Crippen LogP contribution in [0.1, 0.15) is 19.4 Å². The van der Waals surface area contributed by atoms with Crippen molar-refractivity contribution in [1.82, 2.24) is 5.32 Å². The topological polar surface area (TPSA) is 84.9 Å². The van der Waals surface area contributed by atoms with Gasteiger partial charge in [0, 0.05) is 0 Å². The van der Waals surface area contributed by atoms with Gasteiger partial charge in [0.25, 0.3) is 0 Å². The van der Waals surface area contributed by atoms with Crippen LogP contribution in [0.4, 0.5) is 4.79 Å². The summed E-state index contributed by atoms with van der Waals surface area (Å²) in [5.74, 6) is -1.15. The van der Waals surface area contributed by atoms with Crippen molar-refractivity contribution >= 4 is 13.7 Å².